The van der Waals surface area contributed by atoms with Crippen LogP contribution in [-0.4, -0.2) is 0 Å². The second-order valence-corrected chi connectivity index (χ2v) is 38.5. The van der Waals surface area contributed by atoms with Gasteiger partial charge in [0.1, 0.15) is 0 Å². The van der Waals surface area contributed by atoms with E-state index in [4.69, 9.17) is 34.1 Å². The summed E-state index contributed by atoms with van der Waals surface area (Å²) in [5.74, 6) is 0. The Bertz CT molecular complexity index is 1010. The molecule has 158 valence electrons. The van der Waals surface area contributed by atoms with E-state index in [9.17, 15) is 0 Å². The normalized spacial score (nSPS) is 15.7. The summed E-state index contributed by atoms with van der Waals surface area (Å²) in [4.78, 5) is 0. The van der Waals surface area contributed by atoms with Crippen molar-refractivity contribution in [2.24, 2.45) is 0 Å². The molecule has 2 aliphatic rings. The molecule has 30 heavy (non-hydrogen) atoms. The number of halogens is 4. The Balaban J connectivity index is 1.63. The van der Waals surface area contributed by atoms with Gasteiger partial charge in [0, 0.05) is 0 Å². The molecule has 6 heteroatoms. The van der Waals surface area contributed by atoms with Gasteiger partial charge in [-0.3, -0.25) is 0 Å². The van der Waals surface area contributed by atoms with Gasteiger partial charge < -0.3 is 0 Å². The number of hydrogen-bond acceptors (Lipinski definition) is 0. The molecule has 0 nitrogen and oxygen atoms in total. The maximum atomic E-state index is 7.16. The Kier molecular flexibility index (Phi) is 7.11. The average molecular weight is 639 g/mol. The zero-order valence-corrected chi connectivity index (χ0v) is 25.7. The van der Waals surface area contributed by atoms with Gasteiger partial charge in [-0.2, -0.15) is 0 Å². The van der Waals surface area contributed by atoms with Crippen molar-refractivity contribution >= 4 is 52.7 Å². The molecule has 0 spiro atoms. The SMILES string of the molecule is CC1=Cc2[c]([Zr]([Cl])([Cl])[CH2][CH2][Zr]([Cl])([Cl])[c]3ccc(C)c4c3C=C(C)C4)ccc(C)c2C1. The summed E-state index contributed by atoms with van der Waals surface area (Å²) in [6.07, 6.45) is 6.54. The third-order valence-corrected chi connectivity index (χ3v) is 29.1. The molecule has 0 unspecified atom stereocenters. The summed E-state index contributed by atoms with van der Waals surface area (Å²) in [6, 6.07) is 8.67. The third kappa shape index (κ3) is 4.58. The molecule has 0 aliphatic heterocycles. The summed E-state index contributed by atoms with van der Waals surface area (Å²) < 4.78 is 3.89. The molecule has 0 radical (unpaired) electrons. The summed E-state index contributed by atoms with van der Waals surface area (Å²) in [5, 5.41) is 0. The molecule has 2 aromatic rings. The molecule has 2 aliphatic carbocycles. The Labute approximate surface area is 203 Å². The second kappa shape index (κ2) is 8.89. The van der Waals surface area contributed by atoms with E-state index in [1.807, 2.05) is 0 Å². The van der Waals surface area contributed by atoms with Gasteiger partial charge in [-0.25, -0.2) is 0 Å². The Morgan fingerprint density at radius 3 is 1.37 bits per heavy atom. The molecular formula is C24H26Cl4Zr2. The van der Waals surface area contributed by atoms with Crippen molar-refractivity contribution in [2.45, 2.75) is 48.8 Å². The van der Waals surface area contributed by atoms with Crippen LogP contribution in [0.2, 0.25) is 8.26 Å². The van der Waals surface area contributed by atoms with Gasteiger partial charge in [-0.1, -0.05) is 0 Å². The fourth-order valence-corrected chi connectivity index (χ4v) is 38.5. The molecule has 2 aromatic carbocycles. The first-order valence-electron chi connectivity index (χ1n) is 10.4. The van der Waals surface area contributed by atoms with Crippen LogP contribution in [0, 0.1) is 13.8 Å². The first kappa shape index (κ1) is 24.0. The molecule has 4 rings (SSSR count). The van der Waals surface area contributed by atoms with Crippen molar-refractivity contribution in [3.05, 3.63) is 68.8 Å². The van der Waals surface area contributed by atoms with E-state index in [2.05, 4.69) is 64.1 Å². The Morgan fingerprint density at radius 2 is 1.00 bits per heavy atom. The minimum atomic E-state index is -3.59. The van der Waals surface area contributed by atoms with Crippen molar-refractivity contribution < 1.29 is 35.8 Å². The molecule has 0 fully saturated rings. The fraction of sp³-hybridized carbons (Fsp3) is 0.333. The first-order valence-corrected chi connectivity index (χ1v) is 28.9. The van der Waals surface area contributed by atoms with E-state index in [1.54, 1.807) is 0 Å². The minimum absolute atomic E-state index is 0.759. The van der Waals surface area contributed by atoms with E-state index < -0.39 is 35.8 Å². The van der Waals surface area contributed by atoms with Crippen LogP contribution >= 0.6 is 34.1 Å². The summed E-state index contributed by atoms with van der Waals surface area (Å²) >= 11 is -7.17. The zero-order chi connectivity index (χ0) is 21.8. The van der Waals surface area contributed by atoms with Crippen LogP contribution in [0.3, 0.4) is 0 Å². The molecule has 0 saturated carbocycles. The van der Waals surface area contributed by atoms with E-state index in [1.165, 1.54) is 51.1 Å². The number of hydrogen-bond donors (Lipinski definition) is 0. The maximum absolute atomic E-state index is 7.16. The third-order valence-electron chi connectivity index (χ3n) is 6.42. The number of allylic oxidation sites excluding steroid dienone is 2. The summed E-state index contributed by atoms with van der Waals surface area (Å²) in [5.41, 5.74) is 10.7. The van der Waals surface area contributed by atoms with Crippen LogP contribution in [0.5, 0.6) is 0 Å². The van der Waals surface area contributed by atoms with Gasteiger partial charge in [-0.05, 0) is 0 Å². The van der Waals surface area contributed by atoms with Crippen molar-refractivity contribution in [3.8, 4) is 0 Å². The second-order valence-electron chi connectivity index (χ2n) is 8.89. The van der Waals surface area contributed by atoms with Crippen LogP contribution in [0.25, 0.3) is 12.2 Å². The first-order chi connectivity index (χ1) is 14.0. The van der Waals surface area contributed by atoms with Crippen LogP contribution in [0.4, 0.5) is 0 Å². The number of aryl methyl sites for hydroxylation is 2. The van der Waals surface area contributed by atoms with Crippen LogP contribution in [0.1, 0.15) is 47.2 Å². The molecule has 0 bridgehead atoms. The fourth-order valence-electron chi connectivity index (χ4n) is 4.72. The zero-order valence-electron chi connectivity index (χ0n) is 17.8. The van der Waals surface area contributed by atoms with Gasteiger partial charge in [0.05, 0.1) is 0 Å². The Hall–Kier alpha value is 0.846. The quantitative estimate of drug-likeness (QED) is 0.312. The number of benzene rings is 2. The van der Waals surface area contributed by atoms with Crippen LogP contribution in [0.15, 0.2) is 35.4 Å². The molecule has 0 amide bonds. The standard InChI is InChI=1S/2C11H11.C2H4.4ClH.2Zr/c2*1-8-6-10-5-3-4-9(2)11(10)7-8;1-2;;;;;;/h2*3-4,6H,7H2,1-2H3;1-2H2;4*1H;;/q;;;;;;;2*+2/p-4. The monoisotopic (exact) mass is 634 g/mol. The average Bonchev–Trinajstić information content (AvgIpc) is 3.23. The Morgan fingerprint density at radius 1 is 0.633 bits per heavy atom. The van der Waals surface area contributed by atoms with E-state index in [0.717, 1.165) is 21.1 Å². The van der Waals surface area contributed by atoms with E-state index in [-0.39, 0.29) is 0 Å². The molecule has 0 heterocycles. The predicted molar refractivity (Wildman–Crippen MR) is 129 cm³/mol. The van der Waals surface area contributed by atoms with Crippen molar-refractivity contribution in [2.75, 3.05) is 0 Å². The number of rotatable bonds is 5. The van der Waals surface area contributed by atoms with Crippen molar-refractivity contribution in [1.82, 2.24) is 0 Å². The number of fused-ring (bicyclic) bond motifs is 2. The topological polar surface area (TPSA) is 0 Å². The van der Waals surface area contributed by atoms with Crippen LogP contribution in [-0.2, 0) is 48.6 Å². The van der Waals surface area contributed by atoms with E-state index in [0.29, 0.717) is 0 Å². The predicted octanol–water partition coefficient (Wildman–Crippen LogP) is 7.93. The van der Waals surface area contributed by atoms with Crippen LogP contribution < -0.4 is 6.54 Å². The van der Waals surface area contributed by atoms with Gasteiger partial charge in [0.25, 0.3) is 0 Å². The molecular weight excluding hydrogens is 613 g/mol. The van der Waals surface area contributed by atoms with Gasteiger partial charge >= 0.3 is 206 Å². The summed E-state index contributed by atoms with van der Waals surface area (Å²) in [7, 11) is 28.6. The molecule has 0 aromatic heterocycles. The molecule has 0 N–H and O–H groups in total. The summed E-state index contributed by atoms with van der Waals surface area (Å²) in [6.45, 7) is 8.69. The van der Waals surface area contributed by atoms with Gasteiger partial charge in [0.15, 0.2) is 0 Å². The van der Waals surface area contributed by atoms with Gasteiger partial charge in [0.2, 0.25) is 0 Å². The van der Waals surface area contributed by atoms with E-state index >= 15 is 0 Å². The molecule has 0 atom stereocenters. The van der Waals surface area contributed by atoms with Crippen molar-refractivity contribution in [3.63, 3.8) is 0 Å². The van der Waals surface area contributed by atoms with Gasteiger partial charge in [-0.15, -0.1) is 0 Å². The van der Waals surface area contributed by atoms with Crippen molar-refractivity contribution in [1.29, 1.82) is 0 Å². The molecule has 0 saturated heterocycles.